The summed E-state index contributed by atoms with van der Waals surface area (Å²) in [6.45, 7) is 2.30. The zero-order valence-electron chi connectivity index (χ0n) is 18.2. The number of carbonyl (C=O) groups excluding carboxylic acids is 2. The molecule has 0 aliphatic heterocycles. The Morgan fingerprint density at radius 2 is 1.65 bits per heavy atom. The van der Waals surface area contributed by atoms with Gasteiger partial charge in [-0.3, -0.25) is 0 Å². The molecule has 3 aromatic rings. The summed E-state index contributed by atoms with van der Waals surface area (Å²) in [6.07, 6.45) is 0. The van der Waals surface area contributed by atoms with Crippen LogP contribution in [0.1, 0.15) is 26.4 Å². The number of nitrogens with zero attached hydrogens (tertiary/aromatic N) is 1. The number of carbonyl (C=O) groups is 2. The summed E-state index contributed by atoms with van der Waals surface area (Å²) in [5.74, 6) is 0.230. The zero-order valence-corrected chi connectivity index (χ0v) is 18.2. The lowest BCUT2D eigenvalue weighted by molar-refractivity contribution is 0.0389. The average molecular weight is 427 g/mol. The summed E-state index contributed by atoms with van der Waals surface area (Å²) >= 11 is 0. The fraction of sp³-hybridized carbons (Fsp3) is 0.304. The van der Waals surface area contributed by atoms with Gasteiger partial charge in [0.15, 0.2) is 11.5 Å². The molecule has 8 heteroatoms. The second-order valence-corrected chi connectivity index (χ2v) is 6.79. The number of benzene rings is 2. The van der Waals surface area contributed by atoms with Crippen molar-refractivity contribution in [2.45, 2.75) is 6.92 Å². The Balaban J connectivity index is 1.91. The molecule has 3 rings (SSSR count). The maximum absolute atomic E-state index is 12.7. The SMILES string of the molecule is COCCOC(=O)c1c(C)n(C)c2ccc(OC(=O)c3ccc(OC)c(OC)c3)cc12. The third kappa shape index (κ3) is 4.49. The molecule has 0 bridgehead atoms. The highest BCUT2D eigenvalue weighted by Crippen LogP contribution is 2.31. The number of fused-ring (bicyclic) bond motifs is 1. The quantitative estimate of drug-likeness (QED) is 0.309. The van der Waals surface area contributed by atoms with Crippen LogP contribution < -0.4 is 14.2 Å². The third-order valence-electron chi connectivity index (χ3n) is 5.02. The fourth-order valence-corrected chi connectivity index (χ4v) is 3.29. The molecule has 0 unspecified atom stereocenters. The minimum atomic E-state index is -0.558. The minimum Gasteiger partial charge on any atom is -0.493 e. The van der Waals surface area contributed by atoms with Crippen LogP contribution in [-0.2, 0) is 16.5 Å². The first-order chi connectivity index (χ1) is 14.9. The van der Waals surface area contributed by atoms with Gasteiger partial charge in [0.25, 0.3) is 0 Å². The van der Waals surface area contributed by atoms with Crippen molar-refractivity contribution in [1.29, 1.82) is 0 Å². The van der Waals surface area contributed by atoms with Crippen LogP contribution >= 0.6 is 0 Å². The van der Waals surface area contributed by atoms with E-state index in [2.05, 4.69) is 0 Å². The predicted octanol–water partition coefficient (Wildman–Crippen LogP) is 3.53. The number of hydrogen-bond acceptors (Lipinski definition) is 7. The highest BCUT2D eigenvalue weighted by atomic mass is 16.6. The molecular formula is C23H25NO7. The average Bonchev–Trinajstić information content (AvgIpc) is 3.02. The van der Waals surface area contributed by atoms with Gasteiger partial charge < -0.3 is 28.3 Å². The summed E-state index contributed by atoms with van der Waals surface area (Å²) < 4.78 is 28.1. The standard InChI is InChI=1S/C23H25NO7/c1-14-21(23(26)30-11-10-27-3)17-13-16(7-8-18(17)24(14)2)31-22(25)15-6-9-19(28-4)20(12-15)29-5/h6-9,12-13H,10-11H2,1-5H3. The van der Waals surface area contributed by atoms with Crippen molar-refractivity contribution in [3.63, 3.8) is 0 Å². The summed E-state index contributed by atoms with van der Waals surface area (Å²) in [4.78, 5) is 25.3. The number of methoxy groups -OCH3 is 3. The van der Waals surface area contributed by atoms with Gasteiger partial charge in [-0.05, 0) is 43.3 Å². The summed E-state index contributed by atoms with van der Waals surface area (Å²) in [6, 6.07) is 9.91. The lowest BCUT2D eigenvalue weighted by Gasteiger charge is -2.10. The van der Waals surface area contributed by atoms with Gasteiger partial charge in [0.05, 0.1) is 32.0 Å². The van der Waals surface area contributed by atoms with Gasteiger partial charge >= 0.3 is 11.9 Å². The first-order valence-electron chi connectivity index (χ1n) is 9.60. The van der Waals surface area contributed by atoms with Gasteiger partial charge in [0, 0.05) is 30.8 Å². The summed E-state index contributed by atoms with van der Waals surface area (Å²) in [7, 11) is 6.41. The van der Waals surface area contributed by atoms with E-state index >= 15 is 0 Å². The summed E-state index contributed by atoms with van der Waals surface area (Å²) in [5, 5.41) is 0.639. The van der Waals surface area contributed by atoms with E-state index in [1.165, 1.54) is 21.3 Å². The normalized spacial score (nSPS) is 10.7. The predicted molar refractivity (Wildman–Crippen MR) is 114 cm³/mol. The second kappa shape index (κ2) is 9.53. The molecule has 0 aliphatic rings. The number of ether oxygens (including phenoxy) is 5. The largest absolute Gasteiger partial charge is 0.493 e. The molecule has 2 aromatic carbocycles. The molecule has 1 aromatic heterocycles. The van der Waals surface area contributed by atoms with Gasteiger partial charge in [0.2, 0.25) is 0 Å². The van der Waals surface area contributed by atoms with Gasteiger partial charge in [-0.25, -0.2) is 9.59 Å². The van der Waals surface area contributed by atoms with Crippen molar-refractivity contribution < 1.29 is 33.3 Å². The van der Waals surface area contributed by atoms with Crippen LogP contribution in [0.4, 0.5) is 0 Å². The van der Waals surface area contributed by atoms with Gasteiger partial charge in [-0.15, -0.1) is 0 Å². The molecule has 31 heavy (non-hydrogen) atoms. The monoisotopic (exact) mass is 427 g/mol. The van der Waals surface area contributed by atoms with Crippen LogP contribution in [0.3, 0.4) is 0 Å². The van der Waals surface area contributed by atoms with E-state index in [1.807, 2.05) is 18.5 Å². The smallest absolute Gasteiger partial charge is 0.343 e. The molecule has 0 aliphatic carbocycles. The van der Waals surface area contributed by atoms with E-state index in [4.69, 9.17) is 23.7 Å². The first kappa shape index (κ1) is 22.2. The van der Waals surface area contributed by atoms with Crippen molar-refractivity contribution in [3.05, 3.63) is 53.2 Å². The molecule has 164 valence electrons. The topological polar surface area (TPSA) is 85.2 Å². The highest BCUT2D eigenvalue weighted by Gasteiger charge is 2.21. The van der Waals surface area contributed by atoms with Crippen molar-refractivity contribution in [3.8, 4) is 17.2 Å². The van der Waals surface area contributed by atoms with E-state index in [9.17, 15) is 9.59 Å². The molecule has 0 atom stereocenters. The van der Waals surface area contributed by atoms with Crippen LogP contribution in [0.15, 0.2) is 36.4 Å². The van der Waals surface area contributed by atoms with Gasteiger partial charge in [0.1, 0.15) is 12.4 Å². The van der Waals surface area contributed by atoms with Crippen LogP contribution in [0.25, 0.3) is 10.9 Å². The Morgan fingerprint density at radius 3 is 2.32 bits per heavy atom. The van der Waals surface area contributed by atoms with Crippen LogP contribution in [0.2, 0.25) is 0 Å². The molecule has 0 spiro atoms. The maximum atomic E-state index is 12.7. The molecule has 8 nitrogen and oxygen atoms in total. The first-order valence-corrected chi connectivity index (χ1v) is 9.60. The third-order valence-corrected chi connectivity index (χ3v) is 5.02. The van der Waals surface area contributed by atoms with Crippen molar-refractivity contribution in [1.82, 2.24) is 4.57 Å². The van der Waals surface area contributed by atoms with Crippen LogP contribution in [-0.4, -0.2) is 51.0 Å². The molecule has 0 amide bonds. The maximum Gasteiger partial charge on any atom is 0.343 e. The van der Waals surface area contributed by atoms with E-state index in [0.717, 1.165) is 11.2 Å². The van der Waals surface area contributed by atoms with E-state index < -0.39 is 11.9 Å². The second-order valence-electron chi connectivity index (χ2n) is 6.79. The van der Waals surface area contributed by atoms with Crippen LogP contribution in [0, 0.1) is 6.92 Å². The van der Waals surface area contributed by atoms with Gasteiger partial charge in [-0.2, -0.15) is 0 Å². The molecule has 0 saturated carbocycles. The molecule has 0 fully saturated rings. The lowest BCUT2D eigenvalue weighted by Crippen LogP contribution is -2.11. The molecule has 0 N–H and O–H groups in total. The number of aryl methyl sites for hydroxylation is 1. The molecule has 0 radical (unpaired) electrons. The number of hydrogen-bond donors (Lipinski definition) is 0. The Labute approximate surface area is 180 Å². The lowest BCUT2D eigenvalue weighted by atomic mass is 10.1. The van der Waals surface area contributed by atoms with Crippen molar-refractivity contribution in [2.75, 3.05) is 34.5 Å². The van der Waals surface area contributed by atoms with E-state index in [0.29, 0.717) is 40.4 Å². The number of aromatic nitrogens is 1. The Hall–Kier alpha value is -3.52. The minimum absolute atomic E-state index is 0.152. The van der Waals surface area contributed by atoms with Crippen molar-refractivity contribution >= 4 is 22.8 Å². The van der Waals surface area contributed by atoms with Gasteiger partial charge in [-0.1, -0.05) is 0 Å². The van der Waals surface area contributed by atoms with Crippen LogP contribution in [0.5, 0.6) is 17.2 Å². The molecule has 0 saturated heterocycles. The molecule has 1 heterocycles. The van der Waals surface area contributed by atoms with E-state index in [-0.39, 0.29) is 6.61 Å². The zero-order chi connectivity index (χ0) is 22.5. The highest BCUT2D eigenvalue weighted by molar-refractivity contribution is 6.06. The summed E-state index contributed by atoms with van der Waals surface area (Å²) in [5.41, 5.74) is 2.31. The number of esters is 2. The molecular weight excluding hydrogens is 402 g/mol. The van der Waals surface area contributed by atoms with E-state index in [1.54, 1.807) is 36.4 Å². The Bertz CT molecular complexity index is 1120. The Kier molecular flexibility index (Phi) is 6.81. The fourth-order valence-electron chi connectivity index (χ4n) is 3.29. The Morgan fingerprint density at radius 1 is 0.903 bits per heavy atom. The number of rotatable bonds is 8. The van der Waals surface area contributed by atoms with Crippen molar-refractivity contribution in [2.24, 2.45) is 7.05 Å².